The molecule has 142 valence electrons. The van der Waals surface area contributed by atoms with E-state index in [1.807, 2.05) is 32.0 Å². The minimum atomic E-state index is -0.469. The lowest BCUT2D eigenvalue weighted by Gasteiger charge is -2.02. The van der Waals surface area contributed by atoms with Crippen molar-refractivity contribution < 1.29 is 9.72 Å². The van der Waals surface area contributed by atoms with Crippen LogP contribution in [0.5, 0.6) is 0 Å². The van der Waals surface area contributed by atoms with Gasteiger partial charge in [-0.2, -0.15) is 10.2 Å². The number of aryl methyl sites for hydroxylation is 2. The van der Waals surface area contributed by atoms with Crippen LogP contribution in [0.15, 0.2) is 53.6 Å². The number of non-ortho nitro benzene ring substituents is 1. The maximum Gasteiger partial charge on any atom is 0.289 e. The summed E-state index contributed by atoms with van der Waals surface area (Å²) in [6, 6.07) is 13.6. The van der Waals surface area contributed by atoms with Gasteiger partial charge < -0.3 is 0 Å². The number of amides is 1. The zero-order valence-corrected chi connectivity index (χ0v) is 15.7. The quantitative estimate of drug-likeness (QED) is 0.400. The van der Waals surface area contributed by atoms with Crippen LogP contribution in [0.1, 0.15) is 34.1 Å². The Labute approximate surface area is 161 Å². The normalized spacial score (nSPS) is 11.3. The average Bonchev–Trinajstić information content (AvgIpc) is 3.18. The molecular weight excluding hydrogens is 358 g/mol. The van der Waals surface area contributed by atoms with E-state index in [2.05, 4.69) is 20.7 Å². The van der Waals surface area contributed by atoms with Crippen molar-refractivity contribution >= 4 is 17.3 Å². The number of nitro benzene ring substituents is 1. The van der Waals surface area contributed by atoms with Gasteiger partial charge >= 0.3 is 0 Å². The molecule has 0 fully saturated rings. The van der Waals surface area contributed by atoms with E-state index >= 15 is 0 Å². The van der Waals surface area contributed by atoms with E-state index in [0.717, 1.165) is 11.1 Å². The van der Waals surface area contributed by atoms with E-state index in [1.165, 1.54) is 17.7 Å². The fourth-order valence-electron chi connectivity index (χ4n) is 2.57. The summed E-state index contributed by atoms with van der Waals surface area (Å²) in [6.45, 7) is 5.76. The monoisotopic (exact) mass is 377 g/mol. The van der Waals surface area contributed by atoms with E-state index < -0.39 is 10.8 Å². The molecule has 2 N–H and O–H groups in total. The van der Waals surface area contributed by atoms with Crippen molar-refractivity contribution in [2.75, 3.05) is 0 Å². The summed E-state index contributed by atoms with van der Waals surface area (Å²) in [5.41, 5.74) is 7.87. The number of nitro groups is 1. The summed E-state index contributed by atoms with van der Waals surface area (Å²) >= 11 is 0. The van der Waals surface area contributed by atoms with Gasteiger partial charge in [0.25, 0.3) is 11.6 Å². The molecule has 8 heteroatoms. The first-order valence-electron chi connectivity index (χ1n) is 8.57. The lowest BCUT2D eigenvalue weighted by atomic mass is 10.0. The number of carbonyl (C=O) groups is 1. The maximum atomic E-state index is 12.3. The topological polar surface area (TPSA) is 113 Å². The summed E-state index contributed by atoms with van der Waals surface area (Å²) < 4.78 is 0. The van der Waals surface area contributed by atoms with Gasteiger partial charge in [-0.15, -0.1) is 0 Å². The van der Waals surface area contributed by atoms with Crippen molar-refractivity contribution in [1.82, 2.24) is 15.6 Å². The Hall–Kier alpha value is -3.81. The van der Waals surface area contributed by atoms with Gasteiger partial charge in [-0.3, -0.25) is 20.0 Å². The molecule has 0 saturated carbocycles. The lowest BCUT2D eigenvalue weighted by molar-refractivity contribution is -0.384. The minimum Gasteiger partial charge on any atom is -0.272 e. The van der Waals surface area contributed by atoms with Gasteiger partial charge in [0, 0.05) is 17.7 Å². The standard InChI is InChI=1S/C20H19N5O3/c1-12-4-5-16(10-13(12)2)18-11-19(23-22-18)20(26)24-21-14(3)15-6-8-17(9-7-15)25(27)28/h4-11H,1-3H3,(H,22,23)(H,24,26)/b21-14-. The zero-order chi connectivity index (χ0) is 20.3. The van der Waals surface area contributed by atoms with Crippen LogP contribution in [0.2, 0.25) is 0 Å². The summed E-state index contributed by atoms with van der Waals surface area (Å²) in [7, 11) is 0. The molecule has 8 nitrogen and oxygen atoms in total. The zero-order valence-electron chi connectivity index (χ0n) is 15.7. The summed E-state index contributed by atoms with van der Waals surface area (Å²) in [5.74, 6) is -0.427. The third-order valence-electron chi connectivity index (χ3n) is 4.45. The molecule has 0 aliphatic carbocycles. The van der Waals surface area contributed by atoms with E-state index in [0.29, 0.717) is 17.0 Å². The van der Waals surface area contributed by atoms with Crippen molar-refractivity contribution in [3.05, 3.63) is 81.0 Å². The van der Waals surface area contributed by atoms with Crippen molar-refractivity contribution in [3.8, 4) is 11.3 Å². The average molecular weight is 377 g/mol. The second kappa shape index (κ2) is 7.83. The van der Waals surface area contributed by atoms with E-state index in [1.54, 1.807) is 25.1 Å². The number of hydrogen-bond acceptors (Lipinski definition) is 5. The molecular formula is C20H19N5O3. The third kappa shape index (κ3) is 4.12. The smallest absolute Gasteiger partial charge is 0.272 e. The van der Waals surface area contributed by atoms with Gasteiger partial charge in [0.15, 0.2) is 0 Å². The first-order chi connectivity index (χ1) is 13.3. The Balaban J connectivity index is 1.71. The molecule has 1 aromatic heterocycles. The van der Waals surface area contributed by atoms with Gasteiger partial charge in [-0.1, -0.05) is 12.1 Å². The number of aromatic amines is 1. The van der Waals surface area contributed by atoms with E-state index in [-0.39, 0.29) is 11.4 Å². The summed E-state index contributed by atoms with van der Waals surface area (Å²) in [6.07, 6.45) is 0. The predicted molar refractivity (Wildman–Crippen MR) is 106 cm³/mol. The number of nitrogens with one attached hydrogen (secondary N) is 2. The molecule has 0 saturated heterocycles. The molecule has 3 aromatic rings. The van der Waals surface area contributed by atoms with Gasteiger partial charge in [0.2, 0.25) is 0 Å². The number of carbonyl (C=O) groups excluding carboxylic acids is 1. The molecule has 0 spiro atoms. The molecule has 1 amide bonds. The number of benzene rings is 2. The number of hydrazone groups is 1. The Morgan fingerprint density at radius 3 is 2.46 bits per heavy atom. The van der Waals surface area contributed by atoms with Crippen LogP contribution in [0.4, 0.5) is 5.69 Å². The van der Waals surface area contributed by atoms with Gasteiger partial charge in [0.05, 0.1) is 16.3 Å². The van der Waals surface area contributed by atoms with Gasteiger partial charge in [-0.25, -0.2) is 5.43 Å². The lowest BCUT2D eigenvalue weighted by Crippen LogP contribution is -2.19. The maximum absolute atomic E-state index is 12.3. The minimum absolute atomic E-state index is 0.00285. The second-order valence-electron chi connectivity index (χ2n) is 6.41. The van der Waals surface area contributed by atoms with Crippen LogP contribution in [0, 0.1) is 24.0 Å². The first-order valence-corrected chi connectivity index (χ1v) is 8.57. The van der Waals surface area contributed by atoms with Crippen LogP contribution in [-0.2, 0) is 0 Å². The Kier molecular flexibility index (Phi) is 5.30. The predicted octanol–water partition coefficient (Wildman–Crippen LogP) is 3.76. The van der Waals surface area contributed by atoms with Crippen molar-refractivity contribution in [2.24, 2.45) is 5.10 Å². The highest BCUT2D eigenvalue weighted by Crippen LogP contribution is 2.21. The Morgan fingerprint density at radius 2 is 1.82 bits per heavy atom. The molecule has 3 rings (SSSR count). The number of aromatic nitrogens is 2. The number of H-pyrrole nitrogens is 1. The van der Waals surface area contributed by atoms with E-state index in [4.69, 9.17) is 0 Å². The Morgan fingerprint density at radius 1 is 1.11 bits per heavy atom. The van der Waals surface area contributed by atoms with Crippen molar-refractivity contribution in [1.29, 1.82) is 0 Å². The summed E-state index contributed by atoms with van der Waals surface area (Å²) in [5, 5.41) is 21.7. The van der Waals surface area contributed by atoms with Crippen LogP contribution in [-0.4, -0.2) is 26.7 Å². The van der Waals surface area contributed by atoms with E-state index in [9.17, 15) is 14.9 Å². The summed E-state index contributed by atoms with van der Waals surface area (Å²) in [4.78, 5) is 22.5. The molecule has 1 heterocycles. The highest BCUT2D eigenvalue weighted by atomic mass is 16.6. The van der Waals surface area contributed by atoms with Gasteiger partial charge in [0.1, 0.15) is 5.69 Å². The molecule has 0 unspecified atom stereocenters. The largest absolute Gasteiger partial charge is 0.289 e. The fourth-order valence-corrected chi connectivity index (χ4v) is 2.57. The van der Waals surface area contributed by atoms with Gasteiger partial charge in [-0.05, 0) is 61.7 Å². The number of nitrogens with zero attached hydrogens (tertiary/aromatic N) is 3. The van der Waals surface area contributed by atoms with Crippen LogP contribution in [0.25, 0.3) is 11.3 Å². The van der Waals surface area contributed by atoms with Crippen LogP contribution < -0.4 is 5.43 Å². The first kappa shape index (κ1) is 19.0. The Bertz CT molecular complexity index is 1070. The molecule has 0 radical (unpaired) electrons. The molecule has 0 atom stereocenters. The third-order valence-corrected chi connectivity index (χ3v) is 4.45. The van der Waals surface area contributed by atoms with Crippen LogP contribution in [0.3, 0.4) is 0 Å². The molecule has 0 bridgehead atoms. The highest BCUT2D eigenvalue weighted by Gasteiger charge is 2.12. The van der Waals surface area contributed by atoms with Crippen LogP contribution >= 0.6 is 0 Å². The highest BCUT2D eigenvalue weighted by molar-refractivity contribution is 6.00. The molecule has 28 heavy (non-hydrogen) atoms. The molecule has 0 aliphatic rings. The molecule has 0 aliphatic heterocycles. The molecule has 2 aromatic carbocycles. The van der Waals surface area contributed by atoms with Crippen molar-refractivity contribution in [2.45, 2.75) is 20.8 Å². The number of rotatable bonds is 5. The number of hydrogen-bond donors (Lipinski definition) is 2. The second-order valence-corrected chi connectivity index (χ2v) is 6.41. The fraction of sp³-hybridized carbons (Fsp3) is 0.150. The van der Waals surface area contributed by atoms with Crippen molar-refractivity contribution in [3.63, 3.8) is 0 Å². The SMILES string of the molecule is C/C(=N/NC(=O)c1cc(-c2ccc(C)c(C)c2)n[nH]1)c1ccc([N+](=O)[O-])cc1.